The number of hydrogen-bond donors (Lipinski definition) is 0. The maximum Gasteiger partial charge on any atom is 0.0566 e. The van der Waals surface area contributed by atoms with Crippen molar-refractivity contribution >= 4 is 6.21 Å². The summed E-state index contributed by atoms with van der Waals surface area (Å²) in [5.74, 6) is 0.463. The predicted molar refractivity (Wildman–Crippen MR) is 52.2 cm³/mol. The Morgan fingerprint density at radius 2 is 2.00 bits per heavy atom. The van der Waals surface area contributed by atoms with Crippen molar-refractivity contribution in [2.75, 3.05) is 6.54 Å². The third kappa shape index (κ3) is 7.04. The molecular weight excluding hydrogens is 134 g/mol. The van der Waals surface area contributed by atoms with Crippen LogP contribution in [-0.4, -0.2) is 12.8 Å². The average molecular weight is 151 g/mol. The summed E-state index contributed by atoms with van der Waals surface area (Å²) in [4.78, 5) is 4.22. The molecule has 0 amide bonds. The molecule has 0 N–H and O–H groups in total. The van der Waals surface area contributed by atoms with Gasteiger partial charge in [-0.15, -0.1) is 0 Å². The molecule has 1 unspecified atom stereocenters. The first kappa shape index (κ1) is 10.2. The molecule has 1 heteroatoms. The monoisotopic (exact) mass is 151 g/mol. The van der Waals surface area contributed by atoms with Gasteiger partial charge in [0.05, 0.1) is 6.54 Å². The zero-order valence-electron chi connectivity index (χ0n) is 7.62. The summed E-state index contributed by atoms with van der Waals surface area (Å²) in [5, 5.41) is 0. The van der Waals surface area contributed by atoms with Crippen LogP contribution in [0.5, 0.6) is 0 Å². The quantitative estimate of drug-likeness (QED) is 0.433. The van der Waals surface area contributed by atoms with Crippen molar-refractivity contribution in [2.45, 2.75) is 20.8 Å². The topological polar surface area (TPSA) is 12.4 Å². The Morgan fingerprint density at radius 3 is 2.55 bits per heavy atom. The maximum atomic E-state index is 4.22. The Hall–Kier alpha value is -0.850. The highest BCUT2D eigenvalue weighted by atomic mass is 14.7. The van der Waals surface area contributed by atoms with E-state index < -0.39 is 0 Å². The Balaban J connectivity index is 3.56. The number of hydrogen-bond acceptors (Lipinski definition) is 1. The van der Waals surface area contributed by atoms with E-state index in [1.54, 1.807) is 0 Å². The molecule has 0 aromatic rings. The summed E-state index contributed by atoms with van der Waals surface area (Å²) in [6.45, 7) is 6.96. The second kappa shape index (κ2) is 7.26. The van der Waals surface area contributed by atoms with Crippen LogP contribution in [0.3, 0.4) is 0 Å². The standard InChI is InChI=1S/C10H17N/c1-4-6-8-11-9-10(3)7-5-2/h4-7,9-10H,8H2,1-3H3/b6-4-,7-5-,11-9?. The Kier molecular flexibility index (Phi) is 6.70. The lowest BCUT2D eigenvalue weighted by Crippen LogP contribution is -1.90. The van der Waals surface area contributed by atoms with E-state index >= 15 is 0 Å². The molecule has 0 aliphatic rings. The molecule has 0 saturated heterocycles. The minimum atomic E-state index is 0.463. The number of rotatable bonds is 4. The van der Waals surface area contributed by atoms with Gasteiger partial charge in [-0.1, -0.05) is 31.2 Å². The van der Waals surface area contributed by atoms with Crippen LogP contribution in [0.4, 0.5) is 0 Å². The van der Waals surface area contributed by atoms with E-state index in [1.165, 1.54) is 0 Å². The van der Waals surface area contributed by atoms with E-state index in [4.69, 9.17) is 0 Å². The van der Waals surface area contributed by atoms with Crippen LogP contribution in [0.15, 0.2) is 29.3 Å². The summed E-state index contributed by atoms with van der Waals surface area (Å²) in [5.41, 5.74) is 0. The molecule has 0 heterocycles. The van der Waals surface area contributed by atoms with Crippen molar-refractivity contribution in [2.24, 2.45) is 10.9 Å². The third-order valence-electron chi connectivity index (χ3n) is 1.28. The Labute approximate surface area is 69.5 Å². The average Bonchev–Trinajstić information content (AvgIpc) is 1.99. The minimum absolute atomic E-state index is 0.463. The fourth-order valence-electron chi connectivity index (χ4n) is 0.747. The molecule has 11 heavy (non-hydrogen) atoms. The van der Waals surface area contributed by atoms with Crippen LogP contribution in [0.2, 0.25) is 0 Å². The summed E-state index contributed by atoms with van der Waals surface area (Å²) in [6.07, 6.45) is 10.2. The maximum absolute atomic E-state index is 4.22. The molecule has 1 nitrogen and oxygen atoms in total. The van der Waals surface area contributed by atoms with Crippen molar-refractivity contribution < 1.29 is 0 Å². The zero-order valence-corrected chi connectivity index (χ0v) is 7.62. The Morgan fingerprint density at radius 1 is 1.27 bits per heavy atom. The number of nitrogens with zero attached hydrogens (tertiary/aromatic N) is 1. The molecule has 0 aromatic heterocycles. The van der Waals surface area contributed by atoms with Crippen LogP contribution in [0, 0.1) is 5.92 Å². The molecule has 0 aromatic carbocycles. The van der Waals surface area contributed by atoms with E-state index in [0.29, 0.717) is 5.92 Å². The smallest absolute Gasteiger partial charge is 0.0566 e. The largest absolute Gasteiger partial charge is 0.293 e. The van der Waals surface area contributed by atoms with Crippen molar-refractivity contribution in [3.63, 3.8) is 0 Å². The predicted octanol–water partition coefficient (Wildman–Crippen LogP) is 2.85. The van der Waals surface area contributed by atoms with E-state index in [2.05, 4.69) is 18.0 Å². The van der Waals surface area contributed by atoms with Crippen molar-refractivity contribution in [3.8, 4) is 0 Å². The molecule has 0 spiro atoms. The van der Waals surface area contributed by atoms with Crippen LogP contribution in [0.1, 0.15) is 20.8 Å². The molecule has 0 radical (unpaired) electrons. The van der Waals surface area contributed by atoms with Crippen LogP contribution in [-0.2, 0) is 0 Å². The van der Waals surface area contributed by atoms with Gasteiger partial charge in [0.25, 0.3) is 0 Å². The van der Waals surface area contributed by atoms with Gasteiger partial charge in [-0.25, -0.2) is 0 Å². The van der Waals surface area contributed by atoms with Gasteiger partial charge in [0.2, 0.25) is 0 Å². The summed E-state index contributed by atoms with van der Waals surface area (Å²) >= 11 is 0. The van der Waals surface area contributed by atoms with E-state index in [0.717, 1.165) is 6.54 Å². The van der Waals surface area contributed by atoms with Gasteiger partial charge in [0.1, 0.15) is 0 Å². The second-order valence-electron chi connectivity index (χ2n) is 2.47. The highest BCUT2D eigenvalue weighted by Crippen LogP contribution is 1.91. The van der Waals surface area contributed by atoms with Crippen LogP contribution in [0.25, 0.3) is 0 Å². The van der Waals surface area contributed by atoms with Gasteiger partial charge in [-0.2, -0.15) is 0 Å². The zero-order chi connectivity index (χ0) is 8.53. The first-order valence-corrected chi connectivity index (χ1v) is 4.05. The second-order valence-corrected chi connectivity index (χ2v) is 2.47. The number of allylic oxidation sites excluding steroid dienone is 3. The Bertz CT molecular complexity index is 154. The molecular formula is C10H17N. The minimum Gasteiger partial charge on any atom is -0.293 e. The lowest BCUT2D eigenvalue weighted by atomic mass is 10.2. The van der Waals surface area contributed by atoms with E-state index in [9.17, 15) is 0 Å². The molecule has 0 rings (SSSR count). The molecule has 0 aliphatic carbocycles. The third-order valence-corrected chi connectivity index (χ3v) is 1.28. The fraction of sp³-hybridized carbons (Fsp3) is 0.500. The molecule has 62 valence electrons. The van der Waals surface area contributed by atoms with Gasteiger partial charge in [-0.3, -0.25) is 4.99 Å². The van der Waals surface area contributed by atoms with Gasteiger partial charge >= 0.3 is 0 Å². The normalized spacial score (nSPS) is 15.5. The summed E-state index contributed by atoms with van der Waals surface area (Å²) in [7, 11) is 0. The van der Waals surface area contributed by atoms with Crippen molar-refractivity contribution in [3.05, 3.63) is 24.3 Å². The first-order valence-electron chi connectivity index (χ1n) is 4.05. The van der Waals surface area contributed by atoms with E-state index in [1.807, 2.05) is 38.3 Å². The van der Waals surface area contributed by atoms with Gasteiger partial charge < -0.3 is 0 Å². The van der Waals surface area contributed by atoms with E-state index in [-0.39, 0.29) is 0 Å². The lowest BCUT2D eigenvalue weighted by Gasteiger charge is -1.93. The lowest BCUT2D eigenvalue weighted by molar-refractivity contribution is 1.01. The molecule has 0 aliphatic heterocycles. The highest BCUT2D eigenvalue weighted by molar-refractivity contribution is 5.62. The van der Waals surface area contributed by atoms with Crippen molar-refractivity contribution in [1.29, 1.82) is 0 Å². The highest BCUT2D eigenvalue weighted by Gasteiger charge is 1.86. The molecule has 0 saturated carbocycles. The molecule has 1 atom stereocenters. The molecule has 0 bridgehead atoms. The van der Waals surface area contributed by atoms with Gasteiger partial charge in [-0.05, 0) is 13.8 Å². The summed E-state index contributed by atoms with van der Waals surface area (Å²) in [6, 6.07) is 0. The fourth-order valence-corrected chi connectivity index (χ4v) is 0.747. The van der Waals surface area contributed by atoms with Gasteiger partial charge in [0.15, 0.2) is 0 Å². The van der Waals surface area contributed by atoms with Crippen molar-refractivity contribution in [1.82, 2.24) is 0 Å². The summed E-state index contributed by atoms with van der Waals surface area (Å²) < 4.78 is 0. The van der Waals surface area contributed by atoms with Crippen LogP contribution >= 0.6 is 0 Å². The SMILES string of the molecule is C/C=C\CN=CC(C)/C=C\C. The molecule has 0 fully saturated rings. The number of aliphatic imine (C=N–C) groups is 1. The van der Waals surface area contributed by atoms with Gasteiger partial charge in [0, 0.05) is 12.1 Å². The van der Waals surface area contributed by atoms with Crippen LogP contribution < -0.4 is 0 Å². The first-order chi connectivity index (χ1) is 5.31.